The standard InChI is InChI=1S/C24H29NO7.C20H28N2O5S.C18H15Cl3N2O.C18H20N2O2S/c1-3-4-7-15(2)19(26)13-12-17-20(32-25(29)30)14-21-23(17)18-10-5-8-16(24(18)31-21)9-6-11-22(27)28;1-4-26-17-7-5-6-8-18(17)27-12-11-22-15(2)13-16-9-10-19(25-3)20(14-16)28(21,23)24;19-14-3-1-13(2-4-14)11-24-18(10-23-8-7-22-12-23)16-6-5-15(20)9-17(16)21;1-20(16-8-5-9-17(19-16)21-2)18(23)22-15-11-10-13-6-3-4-7-14(13)12-15/h5,8,10,12-13,15,17,19-21,23,26H,6-7,9,11,14H2,1-2H3,(H,27,28);5-10,14-15,22H,4,11-13H2,1-3H3,(H2,21,23,24);1-9,12,18H,10-11H2;5,8-12H,3-4,6-7H2,1-2H3/b13-12+;;;/t15?,17-,19+,20+,21-,23-;15-;;/m01../s1. The van der Waals surface area contributed by atoms with Crippen molar-refractivity contribution in [3.05, 3.63) is 235 Å². The van der Waals surface area contributed by atoms with E-state index < -0.39 is 33.3 Å². The Balaban J connectivity index is 0.000000181. The highest BCUT2D eigenvalue weighted by atomic mass is 35.5. The number of nitrogens with one attached hydrogen (secondary N) is 1. The number of aliphatic carboxylic acids is 1. The Morgan fingerprint density at radius 1 is 0.907 bits per heavy atom. The fourth-order valence-electron chi connectivity index (χ4n) is 12.5. The SMILES string of the molecule is CC#CCC(C)[C@H](O)/C=C/[C@@H]1[C@H]2c3cccc(CCCC(=O)O)c3O[C@H]2C[C@H]1O[N+](=O)[O-].CCOc1ccccc1OCCN[C@H](C)Cc1ccc(OC)c(S(N)(=O)=O)c1.COc1cccc(N(C)C(=S)Oc2ccc3c(c2)CCCC3)n1.Clc1ccc(COC(Cn2ccnc2)c2ccc(Cl)cc2Cl)cc1. The number of fused-ring (bicyclic) bond motifs is 4. The number of hydrogen-bond acceptors (Lipinski definition) is 18. The van der Waals surface area contributed by atoms with E-state index in [0.29, 0.717) is 103 Å². The maximum Gasteiger partial charge on any atom is 0.303 e. The van der Waals surface area contributed by atoms with Crippen LogP contribution < -0.4 is 43.8 Å². The van der Waals surface area contributed by atoms with Gasteiger partial charge in [0.25, 0.3) is 10.3 Å². The van der Waals surface area contributed by atoms with Crippen molar-refractivity contribution in [1.29, 1.82) is 0 Å². The van der Waals surface area contributed by atoms with Gasteiger partial charge in [0.15, 0.2) is 11.5 Å². The van der Waals surface area contributed by atoms with Crippen LogP contribution in [0.1, 0.15) is 117 Å². The number of aliphatic hydroxyl groups is 1. The minimum Gasteiger partial charge on any atom is -0.495 e. The van der Waals surface area contributed by atoms with Gasteiger partial charge in [0.1, 0.15) is 52.9 Å². The maximum atomic E-state index is 11.7. The number of aromatic nitrogens is 3. The van der Waals surface area contributed by atoms with Crippen molar-refractivity contribution in [1.82, 2.24) is 19.9 Å². The second kappa shape index (κ2) is 41.9. The number of methoxy groups -OCH3 is 2. The molecule has 3 aliphatic rings. The van der Waals surface area contributed by atoms with Crippen molar-refractivity contribution in [2.24, 2.45) is 17.0 Å². The van der Waals surface area contributed by atoms with Crippen molar-refractivity contribution in [3.63, 3.8) is 0 Å². The summed E-state index contributed by atoms with van der Waals surface area (Å²) in [5, 5.41) is 40.6. The first-order chi connectivity index (χ1) is 51.4. The molecular weight excluding hydrogens is 1470 g/mol. The van der Waals surface area contributed by atoms with E-state index >= 15 is 0 Å². The fourth-order valence-corrected chi connectivity index (χ4v) is 14.1. The fraction of sp³-hybridized carbons (Fsp3) is 0.375. The Labute approximate surface area is 646 Å². The number of halogens is 3. The molecule has 0 saturated heterocycles. The van der Waals surface area contributed by atoms with Gasteiger partial charge in [-0.05, 0) is 178 Å². The van der Waals surface area contributed by atoms with Gasteiger partial charge in [-0.3, -0.25) is 9.69 Å². The molecule has 0 bridgehead atoms. The largest absolute Gasteiger partial charge is 0.495 e. The number of primary sulfonamides is 1. The first-order valence-electron chi connectivity index (χ1n) is 35.2. The number of sulfonamides is 1. The van der Waals surface area contributed by atoms with Crippen LogP contribution in [0, 0.1) is 33.8 Å². The van der Waals surface area contributed by atoms with Gasteiger partial charge in [0.05, 0.1) is 46.4 Å². The summed E-state index contributed by atoms with van der Waals surface area (Å²) in [4.78, 5) is 37.0. The number of carboxylic acids is 1. The minimum absolute atomic E-state index is 0.00411. The Morgan fingerprint density at radius 2 is 1.64 bits per heavy atom. The molecule has 1 aliphatic heterocycles. The summed E-state index contributed by atoms with van der Waals surface area (Å²) >= 11 is 23.7. The maximum absolute atomic E-state index is 11.7. The normalized spacial score (nSPS) is 16.4. The molecule has 2 aliphatic carbocycles. The smallest absolute Gasteiger partial charge is 0.303 e. The molecule has 8 atom stereocenters. The molecule has 11 rings (SSSR count). The number of nitrogens with two attached hydrogens (primary N) is 1. The quantitative estimate of drug-likeness (QED) is 0.00813. The van der Waals surface area contributed by atoms with Crippen LogP contribution in [0.15, 0.2) is 175 Å². The lowest BCUT2D eigenvalue weighted by Crippen LogP contribution is -2.32. The van der Waals surface area contributed by atoms with Gasteiger partial charge in [-0.25, -0.2) is 18.5 Å². The van der Waals surface area contributed by atoms with Crippen LogP contribution >= 0.6 is 47.0 Å². The number of aliphatic hydroxyl groups excluding tert-OH is 1. The number of carbonyl (C=O) groups is 1. The number of ether oxygens (including phenoxy) is 7. The van der Waals surface area contributed by atoms with E-state index in [1.165, 1.54) is 31.1 Å². The Morgan fingerprint density at radius 3 is 2.32 bits per heavy atom. The highest BCUT2D eigenvalue weighted by molar-refractivity contribution is 7.89. The zero-order valence-electron chi connectivity index (χ0n) is 60.9. The van der Waals surface area contributed by atoms with Crippen molar-refractivity contribution < 1.29 is 66.5 Å². The molecule has 0 radical (unpaired) electrons. The first-order valence-corrected chi connectivity index (χ1v) is 38.2. The molecule has 1 fully saturated rings. The molecule has 570 valence electrons. The van der Waals surface area contributed by atoms with E-state index in [-0.39, 0.29) is 53.1 Å². The van der Waals surface area contributed by atoms with Crippen molar-refractivity contribution in [3.8, 4) is 46.5 Å². The molecule has 0 amide bonds. The van der Waals surface area contributed by atoms with Gasteiger partial charge in [0.2, 0.25) is 15.9 Å². The zero-order valence-corrected chi connectivity index (χ0v) is 64.8. The van der Waals surface area contributed by atoms with Crippen LogP contribution in [0.3, 0.4) is 0 Å². The number of pyridine rings is 1. The number of para-hydroxylation sites is 3. The third-order valence-electron chi connectivity index (χ3n) is 18.0. The summed E-state index contributed by atoms with van der Waals surface area (Å²) in [6, 6.07) is 43.3. The molecular formula is C80H92Cl3N7O15S2. The van der Waals surface area contributed by atoms with Crippen molar-refractivity contribution in [2.45, 2.75) is 146 Å². The number of nitrogens with zero attached hydrogens (tertiary/aromatic N) is 5. The average molecular weight is 1560 g/mol. The lowest BCUT2D eigenvalue weighted by atomic mass is 9.86. The summed E-state index contributed by atoms with van der Waals surface area (Å²) in [5.74, 6) is 8.85. The van der Waals surface area contributed by atoms with E-state index in [9.17, 15) is 28.4 Å². The minimum atomic E-state index is -3.84. The first kappa shape index (κ1) is 83.6. The molecule has 1 saturated carbocycles. The second-order valence-corrected chi connectivity index (χ2v) is 28.9. The predicted molar refractivity (Wildman–Crippen MR) is 418 cm³/mol. The van der Waals surface area contributed by atoms with E-state index in [1.807, 2.05) is 148 Å². The molecule has 2 unspecified atom stereocenters. The molecule has 3 heterocycles. The highest BCUT2D eigenvalue weighted by Crippen LogP contribution is 2.53. The predicted octanol–water partition coefficient (Wildman–Crippen LogP) is 15.4. The molecule has 2 aromatic heterocycles. The number of aryl methyl sites for hydroxylation is 3. The van der Waals surface area contributed by atoms with E-state index in [1.54, 1.807) is 61.8 Å². The molecule has 107 heavy (non-hydrogen) atoms. The van der Waals surface area contributed by atoms with Crippen LogP contribution in [0.5, 0.6) is 34.6 Å². The van der Waals surface area contributed by atoms with Crippen LogP contribution in [-0.4, -0.2) is 115 Å². The monoisotopic (exact) mass is 1560 g/mol. The second-order valence-electron chi connectivity index (χ2n) is 25.7. The number of thiocarbonyl (C=S) groups is 1. The van der Waals surface area contributed by atoms with Crippen LogP contribution in [-0.2, 0) is 63.2 Å². The lowest BCUT2D eigenvalue weighted by molar-refractivity contribution is -0.769. The van der Waals surface area contributed by atoms with Gasteiger partial charge in [-0.2, -0.15) is 4.98 Å². The number of hydrogen-bond donors (Lipinski definition) is 4. The lowest BCUT2D eigenvalue weighted by Gasteiger charge is -2.21. The Hall–Kier alpha value is -9.00. The van der Waals surface area contributed by atoms with Crippen LogP contribution in [0.2, 0.25) is 15.1 Å². The van der Waals surface area contributed by atoms with E-state index in [4.69, 9.17) is 95.3 Å². The van der Waals surface area contributed by atoms with Gasteiger partial charge in [-0.15, -0.1) is 22.0 Å². The number of benzene rings is 6. The molecule has 27 heteroatoms. The van der Waals surface area contributed by atoms with E-state index in [0.717, 1.165) is 57.9 Å². The summed E-state index contributed by atoms with van der Waals surface area (Å²) in [7, 11) is 1.000. The zero-order chi connectivity index (χ0) is 77.0. The molecule has 6 aromatic carbocycles. The van der Waals surface area contributed by atoms with Crippen LogP contribution in [0.25, 0.3) is 0 Å². The summed E-state index contributed by atoms with van der Waals surface area (Å²) in [6.07, 6.45) is 14.5. The average Bonchev–Trinajstić information content (AvgIpc) is 1.59. The van der Waals surface area contributed by atoms with Gasteiger partial charge in [0, 0.05) is 95.4 Å². The van der Waals surface area contributed by atoms with Crippen molar-refractivity contribution in [2.75, 3.05) is 45.9 Å². The summed E-state index contributed by atoms with van der Waals surface area (Å²) in [6.45, 7) is 10.4. The molecule has 22 nitrogen and oxygen atoms in total. The van der Waals surface area contributed by atoms with Gasteiger partial charge >= 0.3 is 5.97 Å². The molecule has 8 aromatic rings. The number of anilines is 1. The summed E-state index contributed by atoms with van der Waals surface area (Å²) in [5.41, 5.74) is 7.48. The van der Waals surface area contributed by atoms with Crippen LogP contribution in [0.4, 0.5) is 5.82 Å². The Bertz CT molecular complexity index is 4430. The van der Waals surface area contributed by atoms with Gasteiger partial charge in [-0.1, -0.05) is 121 Å². The number of carboxylic acid groups (broad SMARTS) is 1. The molecule has 0 spiro atoms. The van der Waals surface area contributed by atoms with Gasteiger partial charge < -0.3 is 58.1 Å². The summed E-state index contributed by atoms with van der Waals surface area (Å²) < 4.78 is 65.1. The highest BCUT2D eigenvalue weighted by Gasteiger charge is 2.51. The van der Waals surface area contributed by atoms with Crippen molar-refractivity contribution >= 4 is 74.0 Å². The molecule has 5 N–H and O–H groups in total. The van der Waals surface area contributed by atoms with E-state index in [2.05, 4.69) is 39.3 Å². The third-order valence-corrected chi connectivity index (χ3v) is 20.1. The Kier molecular flexibility index (Phi) is 32.8. The third kappa shape index (κ3) is 25.6. The topological polar surface area (TPSA) is 281 Å². The number of imidazole rings is 1. The number of rotatable bonds is 30.